The number of amides is 1. The Bertz CT molecular complexity index is 686. The third kappa shape index (κ3) is 3.16. The van der Waals surface area contributed by atoms with Gasteiger partial charge < -0.3 is 4.90 Å². The van der Waals surface area contributed by atoms with Crippen LogP contribution < -0.4 is 4.90 Å². The van der Waals surface area contributed by atoms with E-state index in [9.17, 15) is 4.79 Å². The second-order valence-corrected chi connectivity index (χ2v) is 7.27. The molecule has 3 rings (SSSR count). The van der Waals surface area contributed by atoms with Gasteiger partial charge in [0.25, 0.3) is 5.91 Å². The van der Waals surface area contributed by atoms with E-state index in [0.29, 0.717) is 0 Å². The van der Waals surface area contributed by atoms with Crippen molar-refractivity contribution < 1.29 is 4.79 Å². The largest absolute Gasteiger partial charge is 0.308 e. The highest BCUT2D eigenvalue weighted by atomic mass is 127. The van der Waals surface area contributed by atoms with Crippen LogP contribution in [0.25, 0.3) is 0 Å². The number of carbonyl (C=O) groups excluding carboxylic acids is 1. The smallest absolute Gasteiger partial charge is 0.259 e. The van der Waals surface area contributed by atoms with Crippen LogP contribution in [0, 0.1) is 3.57 Å². The molecule has 108 valence electrons. The van der Waals surface area contributed by atoms with Crippen molar-refractivity contribution in [2.75, 3.05) is 11.4 Å². The first-order chi connectivity index (χ1) is 10.2. The molecule has 0 spiro atoms. The molecule has 1 aliphatic heterocycles. The number of fused-ring (bicyclic) bond motifs is 1. The molecule has 0 atom stereocenters. The van der Waals surface area contributed by atoms with Crippen LogP contribution in [0.1, 0.15) is 28.8 Å². The molecule has 4 heteroatoms. The van der Waals surface area contributed by atoms with Gasteiger partial charge in [-0.05, 0) is 87.6 Å². The number of nitrogens with zero attached hydrogens (tertiary/aromatic N) is 1. The van der Waals surface area contributed by atoms with E-state index in [4.69, 9.17) is 0 Å². The van der Waals surface area contributed by atoms with Crippen molar-refractivity contribution in [3.8, 4) is 0 Å². The van der Waals surface area contributed by atoms with Gasteiger partial charge in [-0.25, -0.2) is 0 Å². The summed E-state index contributed by atoms with van der Waals surface area (Å²) in [6, 6.07) is 14.1. The van der Waals surface area contributed by atoms with Crippen LogP contribution in [0.5, 0.6) is 0 Å². The zero-order valence-corrected chi connectivity index (χ0v) is 15.2. The molecule has 1 amide bonds. The lowest BCUT2D eigenvalue weighted by atomic mass is 10.1. The van der Waals surface area contributed by atoms with Crippen LogP contribution in [-0.2, 0) is 6.42 Å². The molecule has 2 nitrogen and oxygen atoms in total. The molecule has 0 fully saturated rings. The summed E-state index contributed by atoms with van der Waals surface area (Å²) in [5.41, 5.74) is 3.06. The summed E-state index contributed by atoms with van der Waals surface area (Å²) in [6.45, 7) is 0.785. The first kappa shape index (κ1) is 15.0. The minimum atomic E-state index is 0.0785. The maximum atomic E-state index is 13.0. The van der Waals surface area contributed by atoms with Crippen molar-refractivity contribution in [3.63, 3.8) is 0 Å². The third-order valence-electron chi connectivity index (χ3n) is 3.76. The molecule has 1 heterocycles. The Morgan fingerprint density at radius 3 is 2.81 bits per heavy atom. The van der Waals surface area contributed by atoms with Gasteiger partial charge in [0.2, 0.25) is 0 Å². The van der Waals surface area contributed by atoms with Gasteiger partial charge in [-0.3, -0.25) is 4.79 Å². The number of hydrogen-bond donors (Lipinski definition) is 0. The van der Waals surface area contributed by atoms with Crippen LogP contribution in [0.3, 0.4) is 0 Å². The zero-order valence-electron chi connectivity index (χ0n) is 11.5. The van der Waals surface area contributed by atoms with Gasteiger partial charge >= 0.3 is 0 Å². The van der Waals surface area contributed by atoms with Gasteiger partial charge in [-0.15, -0.1) is 0 Å². The van der Waals surface area contributed by atoms with E-state index < -0.39 is 0 Å². The van der Waals surface area contributed by atoms with E-state index in [2.05, 4.69) is 50.7 Å². The highest BCUT2D eigenvalue weighted by molar-refractivity contribution is 14.1. The summed E-state index contributed by atoms with van der Waals surface area (Å²) in [5.74, 6) is 0.0785. The number of hydrogen-bond acceptors (Lipinski definition) is 1. The molecule has 0 N–H and O–H groups in total. The Hall–Kier alpha value is -0.880. The lowest BCUT2D eigenvalue weighted by Gasteiger charge is -2.23. The van der Waals surface area contributed by atoms with Gasteiger partial charge in [0.1, 0.15) is 0 Å². The molecule has 0 saturated heterocycles. The highest BCUT2D eigenvalue weighted by Gasteiger charge is 2.23. The Balaban J connectivity index is 2.03. The van der Waals surface area contributed by atoms with E-state index in [0.717, 1.165) is 45.1 Å². The molecule has 0 aromatic heterocycles. The first-order valence-electron chi connectivity index (χ1n) is 7.01. The fourth-order valence-electron chi connectivity index (χ4n) is 2.71. The van der Waals surface area contributed by atoms with Gasteiger partial charge in [-0.2, -0.15) is 0 Å². The second-order valence-electron chi connectivity index (χ2n) is 5.17. The monoisotopic (exact) mass is 455 g/mol. The van der Waals surface area contributed by atoms with Crippen LogP contribution in [0.2, 0.25) is 0 Å². The summed E-state index contributed by atoms with van der Waals surface area (Å²) in [6.07, 6.45) is 3.23. The highest BCUT2D eigenvalue weighted by Crippen LogP contribution is 2.29. The molecule has 0 unspecified atom stereocenters. The van der Waals surface area contributed by atoms with Crippen LogP contribution in [0.4, 0.5) is 5.69 Å². The number of benzene rings is 2. The SMILES string of the molecule is O=C(c1cc(I)ccc1Br)N1CCCCc2ccccc21. The molecule has 0 aliphatic carbocycles. The van der Waals surface area contributed by atoms with Crippen LogP contribution >= 0.6 is 38.5 Å². The number of para-hydroxylation sites is 1. The average molecular weight is 456 g/mol. The average Bonchev–Trinajstić information content (AvgIpc) is 2.71. The fourth-order valence-corrected chi connectivity index (χ4v) is 3.62. The number of anilines is 1. The van der Waals surface area contributed by atoms with E-state index in [1.807, 2.05) is 35.2 Å². The van der Waals surface area contributed by atoms with E-state index >= 15 is 0 Å². The Morgan fingerprint density at radius 2 is 1.95 bits per heavy atom. The van der Waals surface area contributed by atoms with E-state index in [1.165, 1.54) is 5.56 Å². The van der Waals surface area contributed by atoms with E-state index in [-0.39, 0.29) is 5.91 Å². The summed E-state index contributed by atoms with van der Waals surface area (Å²) >= 11 is 5.75. The molecule has 2 aromatic rings. The molecule has 0 bridgehead atoms. The minimum Gasteiger partial charge on any atom is -0.308 e. The number of halogens is 2. The fraction of sp³-hybridized carbons (Fsp3) is 0.235. The Kier molecular flexibility index (Phi) is 4.64. The third-order valence-corrected chi connectivity index (χ3v) is 5.13. The maximum absolute atomic E-state index is 13.0. The quantitative estimate of drug-likeness (QED) is 0.552. The van der Waals surface area contributed by atoms with E-state index in [1.54, 1.807) is 0 Å². The first-order valence-corrected chi connectivity index (χ1v) is 8.89. The minimum absolute atomic E-state index is 0.0785. The predicted molar refractivity (Wildman–Crippen MR) is 97.9 cm³/mol. The molecule has 0 radical (unpaired) electrons. The summed E-state index contributed by atoms with van der Waals surface area (Å²) in [4.78, 5) is 14.9. The van der Waals surface area contributed by atoms with Crippen molar-refractivity contribution in [2.24, 2.45) is 0 Å². The molecule has 2 aromatic carbocycles. The molecular formula is C17H15BrINO. The van der Waals surface area contributed by atoms with Crippen LogP contribution in [0.15, 0.2) is 46.9 Å². The molecule has 0 saturated carbocycles. The summed E-state index contributed by atoms with van der Waals surface area (Å²) in [5, 5.41) is 0. The topological polar surface area (TPSA) is 20.3 Å². The van der Waals surface area contributed by atoms with Gasteiger partial charge in [0, 0.05) is 20.3 Å². The van der Waals surface area contributed by atoms with Crippen molar-refractivity contribution in [1.29, 1.82) is 0 Å². The number of aryl methyl sites for hydroxylation is 1. The molecule has 21 heavy (non-hydrogen) atoms. The van der Waals surface area contributed by atoms with Crippen LogP contribution in [-0.4, -0.2) is 12.5 Å². The zero-order chi connectivity index (χ0) is 14.8. The summed E-state index contributed by atoms with van der Waals surface area (Å²) in [7, 11) is 0. The second kappa shape index (κ2) is 6.48. The normalized spacial score (nSPS) is 14.5. The Morgan fingerprint density at radius 1 is 1.14 bits per heavy atom. The maximum Gasteiger partial charge on any atom is 0.259 e. The van der Waals surface area contributed by atoms with Crippen molar-refractivity contribution in [3.05, 3.63) is 61.6 Å². The number of rotatable bonds is 1. The molecule has 1 aliphatic rings. The lowest BCUT2D eigenvalue weighted by Crippen LogP contribution is -2.32. The van der Waals surface area contributed by atoms with Crippen molar-refractivity contribution in [1.82, 2.24) is 0 Å². The standard InChI is InChI=1S/C17H15BrINO/c18-15-9-8-13(19)11-14(15)17(21)20-10-4-3-6-12-5-1-2-7-16(12)20/h1-2,5,7-9,11H,3-4,6,10H2. The van der Waals surface area contributed by atoms with Gasteiger partial charge in [0.15, 0.2) is 0 Å². The van der Waals surface area contributed by atoms with Crippen molar-refractivity contribution in [2.45, 2.75) is 19.3 Å². The lowest BCUT2D eigenvalue weighted by molar-refractivity contribution is 0.0986. The van der Waals surface area contributed by atoms with Gasteiger partial charge in [-0.1, -0.05) is 18.2 Å². The van der Waals surface area contributed by atoms with Crippen molar-refractivity contribution >= 4 is 50.1 Å². The number of carbonyl (C=O) groups is 1. The predicted octanol–water partition coefficient (Wildman–Crippen LogP) is 5.04. The summed E-state index contributed by atoms with van der Waals surface area (Å²) < 4.78 is 1.93. The molecular weight excluding hydrogens is 441 g/mol. The Labute approximate surface area is 146 Å². The van der Waals surface area contributed by atoms with Gasteiger partial charge in [0.05, 0.1) is 5.56 Å².